The first kappa shape index (κ1) is 23.5. The number of carbonyl (C=O) groups is 2. The summed E-state index contributed by atoms with van der Waals surface area (Å²) in [5, 5.41) is 3.60. The van der Waals surface area contributed by atoms with Crippen LogP contribution in [0.5, 0.6) is 0 Å². The number of halogens is 1. The van der Waals surface area contributed by atoms with E-state index >= 15 is 0 Å². The van der Waals surface area contributed by atoms with Gasteiger partial charge in [0.05, 0.1) is 17.8 Å². The van der Waals surface area contributed by atoms with E-state index in [9.17, 15) is 14.4 Å². The third-order valence-corrected chi connectivity index (χ3v) is 6.45. The van der Waals surface area contributed by atoms with Gasteiger partial charge < -0.3 is 0 Å². The predicted molar refractivity (Wildman–Crippen MR) is 137 cm³/mol. The van der Waals surface area contributed by atoms with Gasteiger partial charge >= 0.3 is 5.91 Å². The second kappa shape index (κ2) is 9.43. The van der Waals surface area contributed by atoms with Gasteiger partial charge in [0.25, 0.3) is 17.2 Å². The Morgan fingerprint density at radius 2 is 1.64 bits per heavy atom. The highest BCUT2D eigenvalue weighted by atomic mass is 35.5. The number of carbonyl (C=O) groups excluding carboxylic acids is 2. The quantitative estimate of drug-likeness (QED) is 0.322. The van der Waals surface area contributed by atoms with Crippen LogP contribution in [0.15, 0.2) is 83.9 Å². The number of nitrogens with one attached hydrogen (secondary N) is 1. The average Bonchev–Trinajstić information content (AvgIpc) is 3.33. The minimum atomic E-state index is -0.504. The second-order valence-corrected chi connectivity index (χ2v) is 9.06. The second-order valence-electron chi connectivity index (χ2n) is 8.63. The first-order chi connectivity index (χ1) is 17.4. The SMILES string of the molecule is CCc1[nH]n(-c2cccc(Cl)c2)c(=O)c1C1=C([n+]2ccc(C)cc2)C(=O)N(Cc2ccccc2)C1=O. The van der Waals surface area contributed by atoms with Crippen molar-refractivity contribution in [3.8, 4) is 5.69 Å². The summed E-state index contributed by atoms with van der Waals surface area (Å²) in [4.78, 5) is 42.5. The van der Waals surface area contributed by atoms with Gasteiger partial charge in [-0.25, -0.2) is 4.68 Å². The van der Waals surface area contributed by atoms with Crippen LogP contribution in [0.3, 0.4) is 0 Å². The Morgan fingerprint density at radius 3 is 2.31 bits per heavy atom. The van der Waals surface area contributed by atoms with Crippen LogP contribution >= 0.6 is 11.6 Å². The monoisotopic (exact) mass is 499 g/mol. The Labute approximate surface area is 212 Å². The molecule has 3 heterocycles. The van der Waals surface area contributed by atoms with Crippen LogP contribution in [-0.4, -0.2) is 26.5 Å². The third kappa shape index (κ3) is 4.07. The number of aryl methyl sites for hydroxylation is 2. The normalized spacial score (nSPS) is 13.7. The van der Waals surface area contributed by atoms with Gasteiger partial charge in [-0.2, -0.15) is 4.57 Å². The lowest BCUT2D eigenvalue weighted by molar-refractivity contribution is -0.577. The van der Waals surface area contributed by atoms with Crippen LogP contribution in [0.25, 0.3) is 17.0 Å². The molecule has 5 rings (SSSR count). The molecule has 1 aliphatic rings. The van der Waals surface area contributed by atoms with Crippen LogP contribution in [0.4, 0.5) is 0 Å². The maximum atomic E-state index is 13.8. The molecule has 1 N–H and O–H groups in total. The largest absolute Gasteiger partial charge is 0.327 e. The maximum absolute atomic E-state index is 13.8. The Balaban J connectivity index is 1.72. The Bertz CT molecular complexity index is 1570. The van der Waals surface area contributed by atoms with Crippen LogP contribution < -0.4 is 10.1 Å². The number of hydrogen-bond donors (Lipinski definition) is 1. The predicted octanol–water partition coefficient (Wildman–Crippen LogP) is 3.91. The summed E-state index contributed by atoms with van der Waals surface area (Å²) in [7, 11) is 0. The van der Waals surface area contributed by atoms with Gasteiger partial charge in [0, 0.05) is 22.8 Å². The van der Waals surface area contributed by atoms with Gasteiger partial charge in [-0.15, -0.1) is 0 Å². The zero-order valence-corrected chi connectivity index (χ0v) is 20.6. The minimum Gasteiger partial charge on any atom is -0.294 e. The van der Waals surface area contributed by atoms with E-state index in [2.05, 4.69) is 5.10 Å². The van der Waals surface area contributed by atoms with Crippen LogP contribution in [0.2, 0.25) is 5.02 Å². The van der Waals surface area contributed by atoms with E-state index < -0.39 is 17.4 Å². The van der Waals surface area contributed by atoms with E-state index in [0.717, 1.165) is 11.1 Å². The number of aromatic nitrogens is 3. The van der Waals surface area contributed by atoms with Crippen molar-refractivity contribution in [2.45, 2.75) is 26.8 Å². The molecule has 0 bridgehead atoms. The van der Waals surface area contributed by atoms with Crippen molar-refractivity contribution in [1.29, 1.82) is 0 Å². The van der Waals surface area contributed by atoms with Gasteiger partial charge in [0.1, 0.15) is 5.57 Å². The van der Waals surface area contributed by atoms with Gasteiger partial charge in [0.2, 0.25) is 0 Å². The van der Waals surface area contributed by atoms with Crippen LogP contribution in [-0.2, 0) is 22.6 Å². The zero-order valence-electron chi connectivity index (χ0n) is 19.9. The zero-order chi connectivity index (χ0) is 25.4. The minimum absolute atomic E-state index is 0.0867. The molecule has 2 aromatic heterocycles. The number of hydrogen-bond acceptors (Lipinski definition) is 3. The molecule has 7 nitrogen and oxygen atoms in total. The van der Waals surface area contributed by atoms with Crippen molar-refractivity contribution >= 4 is 34.7 Å². The number of amides is 2. The number of rotatable bonds is 6. The van der Waals surface area contributed by atoms with E-state index in [0.29, 0.717) is 22.8 Å². The summed E-state index contributed by atoms with van der Waals surface area (Å²) in [6.45, 7) is 3.93. The molecule has 0 spiro atoms. The standard InChI is InChI=1S/C28H23ClN4O3/c1-3-22-23(27(35)33(30-22)21-11-7-10-20(29)16-21)24-25(31-14-12-18(2)13-15-31)28(36)32(26(24)34)17-19-8-5-4-6-9-19/h4-16H,3,17H2,1-2H3/p+1. The van der Waals surface area contributed by atoms with E-state index in [1.807, 2.05) is 56.3 Å². The van der Waals surface area contributed by atoms with Crippen molar-refractivity contribution in [2.24, 2.45) is 0 Å². The molecule has 0 unspecified atom stereocenters. The van der Waals surface area contributed by atoms with E-state index in [-0.39, 0.29) is 23.4 Å². The molecule has 0 atom stereocenters. The maximum Gasteiger partial charge on any atom is 0.327 e. The van der Waals surface area contributed by atoms with Crippen molar-refractivity contribution in [2.75, 3.05) is 0 Å². The number of pyridine rings is 1. The molecule has 0 saturated heterocycles. The van der Waals surface area contributed by atoms with Crippen molar-refractivity contribution in [1.82, 2.24) is 14.7 Å². The van der Waals surface area contributed by atoms with Crippen molar-refractivity contribution in [3.63, 3.8) is 0 Å². The first-order valence-corrected chi connectivity index (χ1v) is 12.0. The van der Waals surface area contributed by atoms with Crippen LogP contribution in [0.1, 0.15) is 29.3 Å². The summed E-state index contributed by atoms with van der Waals surface area (Å²) in [5.41, 5.74) is 2.93. The molecular formula is C28H24ClN4O3+. The molecule has 2 amide bonds. The summed E-state index contributed by atoms with van der Waals surface area (Å²) >= 11 is 6.16. The lowest BCUT2D eigenvalue weighted by Crippen LogP contribution is -2.39. The molecule has 4 aromatic rings. The topological polar surface area (TPSA) is 79.1 Å². The molecule has 8 heteroatoms. The Hall–Kier alpha value is -4.23. The fourth-order valence-corrected chi connectivity index (χ4v) is 4.57. The summed E-state index contributed by atoms with van der Waals surface area (Å²) in [6, 6.07) is 19.9. The third-order valence-electron chi connectivity index (χ3n) is 6.22. The number of imide groups is 1. The van der Waals surface area contributed by atoms with E-state index in [4.69, 9.17) is 11.6 Å². The Kier molecular flexibility index (Phi) is 6.16. The molecular weight excluding hydrogens is 476 g/mol. The van der Waals surface area contributed by atoms with Crippen molar-refractivity contribution < 1.29 is 14.2 Å². The molecule has 0 radical (unpaired) electrons. The number of aromatic amines is 1. The summed E-state index contributed by atoms with van der Waals surface area (Å²) in [5.74, 6) is -0.958. The van der Waals surface area contributed by atoms with E-state index in [1.165, 1.54) is 9.58 Å². The molecule has 1 aliphatic heterocycles. The van der Waals surface area contributed by atoms with Gasteiger partial charge in [-0.1, -0.05) is 54.9 Å². The van der Waals surface area contributed by atoms with Crippen molar-refractivity contribution in [3.05, 3.63) is 117 Å². The summed E-state index contributed by atoms with van der Waals surface area (Å²) < 4.78 is 2.98. The average molecular weight is 500 g/mol. The Morgan fingerprint density at radius 1 is 0.917 bits per heavy atom. The number of benzene rings is 2. The fraction of sp³-hybridized carbons (Fsp3) is 0.143. The smallest absolute Gasteiger partial charge is 0.294 e. The van der Waals surface area contributed by atoms with Gasteiger partial charge in [-0.3, -0.25) is 24.4 Å². The van der Waals surface area contributed by atoms with E-state index in [1.54, 1.807) is 41.2 Å². The highest BCUT2D eigenvalue weighted by Crippen LogP contribution is 2.31. The highest BCUT2D eigenvalue weighted by molar-refractivity contribution is 6.44. The van der Waals surface area contributed by atoms with Gasteiger partial charge in [-0.05, 0) is 42.7 Å². The molecule has 36 heavy (non-hydrogen) atoms. The fourth-order valence-electron chi connectivity index (χ4n) is 4.38. The van der Waals surface area contributed by atoms with Crippen LogP contribution in [0, 0.1) is 6.92 Å². The molecule has 180 valence electrons. The lowest BCUT2D eigenvalue weighted by Gasteiger charge is -2.13. The van der Waals surface area contributed by atoms with Gasteiger partial charge in [0.15, 0.2) is 12.4 Å². The number of H-pyrrole nitrogens is 1. The molecule has 0 saturated carbocycles. The lowest BCUT2D eigenvalue weighted by atomic mass is 10.0. The summed E-state index contributed by atoms with van der Waals surface area (Å²) in [6.07, 6.45) is 3.92. The molecule has 0 fully saturated rings. The highest BCUT2D eigenvalue weighted by Gasteiger charge is 2.47. The molecule has 0 aliphatic carbocycles. The first-order valence-electron chi connectivity index (χ1n) is 11.6. The number of nitrogens with zero attached hydrogens (tertiary/aromatic N) is 3. The molecule has 2 aromatic carbocycles.